The summed E-state index contributed by atoms with van der Waals surface area (Å²) in [7, 11) is -3.85. The third kappa shape index (κ3) is 9.19. The van der Waals surface area contributed by atoms with E-state index in [0.717, 1.165) is 81.1 Å². The topological polar surface area (TPSA) is 131 Å². The highest BCUT2D eigenvalue weighted by Crippen LogP contribution is 2.30. The van der Waals surface area contributed by atoms with E-state index in [0.29, 0.717) is 25.6 Å². The molecule has 254 valence electrons. The summed E-state index contributed by atoms with van der Waals surface area (Å²) in [5.74, 6) is 0.486. The van der Waals surface area contributed by atoms with Crippen LogP contribution in [0.25, 0.3) is 11.1 Å². The smallest absolute Gasteiger partial charge is 0.264 e. The Balaban J connectivity index is 1.10. The first-order chi connectivity index (χ1) is 22.1. The van der Waals surface area contributed by atoms with Crippen molar-refractivity contribution in [2.24, 2.45) is 5.92 Å². The second kappa shape index (κ2) is 15.9. The Labute approximate surface area is 271 Å². The van der Waals surface area contributed by atoms with Gasteiger partial charge in [-0.15, -0.1) is 0 Å². The van der Waals surface area contributed by atoms with Crippen molar-refractivity contribution in [3.05, 3.63) is 52.9 Å². The molecule has 1 aromatic heterocycles. The lowest BCUT2D eigenvalue weighted by molar-refractivity contribution is -0.201. The average molecular weight is 661 g/mol. The number of pyridine rings is 1. The molecule has 1 saturated carbocycles. The largest absolute Gasteiger partial charge is 0.493 e. The van der Waals surface area contributed by atoms with Crippen LogP contribution in [0.3, 0.4) is 0 Å². The SMILES string of the molecule is C[C@@](CCn1ccc(-c2ccc(OC[C@H]3CC[C@H](OC4CCCCO4)CC3)cc2)cc1=O)(C(=O)NOC1CCCCO1)S(C)(=O)=O. The monoisotopic (exact) mass is 660 g/mol. The highest BCUT2D eigenvalue weighted by molar-refractivity contribution is 7.92. The number of hydrogen-bond donors (Lipinski definition) is 1. The standard InChI is InChI=1S/C34H48N2O9S/c1-34(46(2,39)40,33(38)35-45-32-8-4-6-22-42-32)18-20-36-19-17-27(23-30(36)37)26-11-15-28(16-12-26)43-24-25-9-13-29(14-10-25)44-31-7-3-5-21-41-31/h11-12,15-17,19,23,25,29,31-32H,3-10,13-14,18,20-22,24H2,1-2H3,(H,35,38)/t25-,29-,31?,32?,34-/m1/s1. The van der Waals surface area contributed by atoms with Gasteiger partial charge in [-0.05, 0) is 106 Å². The molecule has 3 fully saturated rings. The summed E-state index contributed by atoms with van der Waals surface area (Å²) >= 11 is 0. The Hall–Kier alpha value is -2.77. The normalized spacial score (nSPS) is 25.3. The van der Waals surface area contributed by atoms with Crippen molar-refractivity contribution in [2.45, 2.75) is 108 Å². The van der Waals surface area contributed by atoms with E-state index in [4.69, 9.17) is 23.8 Å². The van der Waals surface area contributed by atoms with Crippen molar-refractivity contribution < 1.29 is 37.0 Å². The molecule has 2 saturated heterocycles. The number of hydroxylamine groups is 1. The number of ether oxygens (including phenoxy) is 4. The highest BCUT2D eigenvalue weighted by Gasteiger charge is 2.44. The van der Waals surface area contributed by atoms with Gasteiger partial charge in [-0.25, -0.2) is 18.7 Å². The third-order valence-electron chi connectivity index (χ3n) is 9.49. The molecule has 1 amide bonds. The molecule has 2 aliphatic heterocycles. The Morgan fingerprint density at radius 1 is 0.935 bits per heavy atom. The zero-order valence-electron chi connectivity index (χ0n) is 27.0. The Kier molecular flexibility index (Phi) is 11.9. The average Bonchev–Trinajstić information content (AvgIpc) is 3.07. The van der Waals surface area contributed by atoms with Gasteiger partial charge in [0.05, 0.1) is 12.7 Å². The number of sulfone groups is 1. The van der Waals surface area contributed by atoms with Crippen LogP contribution in [0.5, 0.6) is 5.75 Å². The molecular formula is C34H48N2O9S. The van der Waals surface area contributed by atoms with Crippen molar-refractivity contribution in [3.63, 3.8) is 0 Å². The van der Waals surface area contributed by atoms with Gasteiger partial charge in [0.25, 0.3) is 11.5 Å². The zero-order valence-corrected chi connectivity index (χ0v) is 27.8. The first-order valence-electron chi connectivity index (χ1n) is 16.6. The van der Waals surface area contributed by atoms with Crippen LogP contribution in [0.4, 0.5) is 0 Å². The van der Waals surface area contributed by atoms with E-state index in [1.165, 1.54) is 24.0 Å². The van der Waals surface area contributed by atoms with Crippen LogP contribution in [0, 0.1) is 5.92 Å². The fourth-order valence-corrected chi connectivity index (χ4v) is 6.97. The summed E-state index contributed by atoms with van der Waals surface area (Å²) in [5, 5.41) is 0. The lowest BCUT2D eigenvalue weighted by Crippen LogP contribution is -2.51. The number of carbonyl (C=O) groups excluding carboxylic acids is 1. The first-order valence-corrected chi connectivity index (χ1v) is 18.5. The van der Waals surface area contributed by atoms with Gasteiger partial charge in [0, 0.05) is 44.7 Å². The molecule has 2 unspecified atom stereocenters. The van der Waals surface area contributed by atoms with Crippen LogP contribution in [0.15, 0.2) is 47.4 Å². The highest BCUT2D eigenvalue weighted by atomic mass is 32.2. The van der Waals surface area contributed by atoms with Gasteiger partial charge in [0.2, 0.25) is 0 Å². The van der Waals surface area contributed by atoms with Gasteiger partial charge in [-0.1, -0.05) is 12.1 Å². The van der Waals surface area contributed by atoms with E-state index < -0.39 is 26.8 Å². The number of hydrogen-bond acceptors (Lipinski definition) is 9. The van der Waals surface area contributed by atoms with Crippen molar-refractivity contribution in [1.82, 2.24) is 10.0 Å². The maximum absolute atomic E-state index is 13.0. The Morgan fingerprint density at radius 3 is 2.22 bits per heavy atom. The molecule has 2 aromatic rings. The van der Waals surface area contributed by atoms with Gasteiger partial charge < -0.3 is 23.5 Å². The molecule has 12 heteroatoms. The summed E-state index contributed by atoms with van der Waals surface area (Å²) < 4.78 is 48.4. The van der Waals surface area contributed by atoms with Crippen molar-refractivity contribution in [1.29, 1.82) is 0 Å². The van der Waals surface area contributed by atoms with E-state index >= 15 is 0 Å². The Bertz CT molecular complexity index is 1440. The van der Waals surface area contributed by atoms with Crippen LogP contribution in [-0.2, 0) is 40.2 Å². The van der Waals surface area contributed by atoms with Crippen molar-refractivity contribution in [3.8, 4) is 16.9 Å². The minimum atomic E-state index is -3.85. The maximum atomic E-state index is 13.0. The lowest BCUT2D eigenvalue weighted by Gasteiger charge is -2.32. The second-order valence-electron chi connectivity index (χ2n) is 13.0. The molecule has 3 aliphatic rings. The minimum Gasteiger partial charge on any atom is -0.493 e. The van der Waals surface area contributed by atoms with Crippen LogP contribution in [0.1, 0.15) is 77.6 Å². The van der Waals surface area contributed by atoms with Crippen LogP contribution in [0.2, 0.25) is 0 Å². The third-order valence-corrected chi connectivity index (χ3v) is 11.5. The van der Waals surface area contributed by atoms with Crippen LogP contribution >= 0.6 is 0 Å². The van der Waals surface area contributed by atoms with E-state index in [9.17, 15) is 18.0 Å². The second-order valence-corrected chi connectivity index (χ2v) is 15.4. The number of benzene rings is 1. The molecule has 3 atom stereocenters. The van der Waals surface area contributed by atoms with Gasteiger partial charge in [-0.2, -0.15) is 0 Å². The number of rotatable bonds is 13. The summed E-state index contributed by atoms with van der Waals surface area (Å²) in [6, 6.07) is 11.0. The van der Waals surface area contributed by atoms with Gasteiger partial charge in [0.15, 0.2) is 27.2 Å². The number of nitrogens with one attached hydrogen (secondary N) is 1. The summed E-state index contributed by atoms with van der Waals surface area (Å²) in [4.78, 5) is 31.3. The summed E-state index contributed by atoms with van der Waals surface area (Å²) in [6.07, 6.45) is 12.1. The quantitative estimate of drug-likeness (QED) is 0.302. The first kappa shape index (κ1) is 34.6. The molecule has 1 N–H and O–H groups in total. The zero-order chi connectivity index (χ0) is 32.6. The van der Waals surface area contributed by atoms with Gasteiger partial charge in [-0.3, -0.25) is 9.59 Å². The molecule has 0 bridgehead atoms. The van der Waals surface area contributed by atoms with E-state index in [2.05, 4.69) is 5.48 Å². The Morgan fingerprint density at radius 2 is 1.61 bits per heavy atom. The fraction of sp³-hybridized carbons (Fsp3) is 0.647. The number of amides is 1. The summed E-state index contributed by atoms with van der Waals surface area (Å²) in [6.45, 7) is 3.36. The molecule has 1 aromatic carbocycles. The molecule has 46 heavy (non-hydrogen) atoms. The lowest BCUT2D eigenvalue weighted by atomic mass is 9.88. The molecule has 5 rings (SSSR count). The predicted molar refractivity (Wildman–Crippen MR) is 173 cm³/mol. The van der Waals surface area contributed by atoms with E-state index in [-0.39, 0.29) is 30.9 Å². The maximum Gasteiger partial charge on any atom is 0.264 e. The number of aromatic nitrogens is 1. The van der Waals surface area contributed by atoms with E-state index in [1.807, 2.05) is 24.3 Å². The number of nitrogens with zero attached hydrogens (tertiary/aromatic N) is 1. The fourth-order valence-electron chi connectivity index (χ4n) is 6.13. The number of aryl methyl sites for hydroxylation is 1. The van der Waals surface area contributed by atoms with Crippen LogP contribution < -0.4 is 15.8 Å². The van der Waals surface area contributed by atoms with Crippen LogP contribution in [-0.4, -0.2) is 68.4 Å². The van der Waals surface area contributed by atoms with Gasteiger partial charge >= 0.3 is 0 Å². The van der Waals surface area contributed by atoms with E-state index in [1.54, 1.807) is 12.3 Å². The van der Waals surface area contributed by atoms with Crippen molar-refractivity contribution >= 4 is 15.7 Å². The molecule has 0 radical (unpaired) electrons. The molecule has 0 spiro atoms. The molecule has 1 aliphatic carbocycles. The molecule has 11 nitrogen and oxygen atoms in total. The summed E-state index contributed by atoms with van der Waals surface area (Å²) in [5.41, 5.74) is 3.58. The predicted octanol–water partition coefficient (Wildman–Crippen LogP) is 4.76. The molecule has 3 heterocycles. The molecular weight excluding hydrogens is 612 g/mol. The van der Waals surface area contributed by atoms with Gasteiger partial charge in [0.1, 0.15) is 5.75 Å². The van der Waals surface area contributed by atoms with Crippen molar-refractivity contribution in [2.75, 3.05) is 26.1 Å². The minimum absolute atomic E-state index is 0.0329. The number of carbonyl (C=O) groups is 1.